The van der Waals surface area contributed by atoms with E-state index in [0.29, 0.717) is 24.8 Å². The molecule has 3 atom stereocenters. The van der Waals surface area contributed by atoms with Gasteiger partial charge in [0.15, 0.2) is 0 Å². The first-order chi connectivity index (χ1) is 9.95. The van der Waals surface area contributed by atoms with E-state index in [4.69, 9.17) is 5.73 Å². The number of rotatable bonds is 8. The number of hydrogen-bond acceptors (Lipinski definition) is 2. The Bertz CT molecular complexity index is 379. The minimum absolute atomic E-state index is 0.0875. The summed E-state index contributed by atoms with van der Waals surface area (Å²) >= 11 is 0. The average Bonchev–Trinajstić information content (AvgIpc) is 2.88. The maximum Gasteiger partial charge on any atom is 0.240 e. The normalized spacial score (nSPS) is 21.7. The molecule has 120 valence electrons. The van der Waals surface area contributed by atoms with Crippen molar-refractivity contribution >= 4 is 11.8 Å². The molecule has 2 N–H and O–H groups in total. The SMILES string of the molecule is C/C=C\CCC(C)C[C@@H](C)CC(=O)N1CCC[C@H]1C(N)=O. The summed E-state index contributed by atoms with van der Waals surface area (Å²) in [5.74, 6) is 0.694. The lowest BCUT2D eigenvalue weighted by Gasteiger charge is -2.24. The largest absolute Gasteiger partial charge is 0.368 e. The van der Waals surface area contributed by atoms with Crippen molar-refractivity contribution < 1.29 is 9.59 Å². The van der Waals surface area contributed by atoms with Crippen molar-refractivity contribution in [1.82, 2.24) is 4.90 Å². The first-order valence-electron chi connectivity index (χ1n) is 8.15. The minimum Gasteiger partial charge on any atom is -0.368 e. The van der Waals surface area contributed by atoms with Crippen LogP contribution in [0.1, 0.15) is 59.3 Å². The van der Waals surface area contributed by atoms with Crippen molar-refractivity contribution in [2.24, 2.45) is 17.6 Å². The number of likely N-dealkylation sites (tertiary alicyclic amines) is 1. The van der Waals surface area contributed by atoms with Gasteiger partial charge in [0.1, 0.15) is 6.04 Å². The average molecular weight is 294 g/mol. The van der Waals surface area contributed by atoms with Crippen molar-refractivity contribution in [3.8, 4) is 0 Å². The molecule has 4 heteroatoms. The Labute approximate surface area is 128 Å². The Morgan fingerprint density at radius 2 is 2.05 bits per heavy atom. The Morgan fingerprint density at radius 3 is 2.67 bits per heavy atom. The predicted molar refractivity (Wildman–Crippen MR) is 85.5 cm³/mol. The fraction of sp³-hybridized carbons (Fsp3) is 0.765. The first-order valence-corrected chi connectivity index (χ1v) is 8.15. The maximum atomic E-state index is 12.3. The standard InChI is InChI=1S/C17H30N2O2/c1-4-5-6-8-13(2)11-14(3)12-16(20)19-10-7-9-15(19)17(18)21/h4-5,13-15H,6-12H2,1-3H3,(H2,18,21)/b5-4-/t13?,14-,15+/m1/s1. The van der Waals surface area contributed by atoms with Gasteiger partial charge in [-0.2, -0.15) is 0 Å². The third kappa shape index (κ3) is 5.90. The number of allylic oxidation sites excluding steroid dienone is 2. The quantitative estimate of drug-likeness (QED) is 0.700. The van der Waals surface area contributed by atoms with E-state index in [-0.39, 0.29) is 17.9 Å². The third-order valence-corrected chi connectivity index (χ3v) is 4.29. The summed E-state index contributed by atoms with van der Waals surface area (Å²) < 4.78 is 0. The summed E-state index contributed by atoms with van der Waals surface area (Å²) in [6.07, 6.45) is 9.72. The zero-order valence-electron chi connectivity index (χ0n) is 13.7. The van der Waals surface area contributed by atoms with Gasteiger partial charge in [-0.1, -0.05) is 26.0 Å². The van der Waals surface area contributed by atoms with Crippen molar-refractivity contribution in [2.75, 3.05) is 6.54 Å². The number of nitrogens with zero attached hydrogens (tertiary/aromatic N) is 1. The summed E-state index contributed by atoms with van der Waals surface area (Å²) in [7, 11) is 0. The highest BCUT2D eigenvalue weighted by molar-refractivity contribution is 5.87. The van der Waals surface area contributed by atoms with E-state index in [0.717, 1.165) is 32.1 Å². The zero-order chi connectivity index (χ0) is 15.8. The Morgan fingerprint density at radius 1 is 1.33 bits per heavy atom. The second-order valence-corrected chi connectivity index (χ2v) is 6.44. The summed E-state index contributed by atoms with van der Waals surface area (Å²) in [5, 5.41) is 0. The fourth-order valence-electron chi connectivity index (χ4n) is 3.21. The van der Waals surface area contributed by atoms with Crippen LogP contribution in [0.5, 0.6) is 0 Å². The number of hydrogen-bond donors (Lipinski definition) is 1. The lowest BCUT2D eigenvalue weighted by atomic mass is 9.91. The van der Waals surface area contributed by atoms with E-state index in [2.05, 4.69) is 26.0 Å². The van der Waals surface area contributed by atoms with Crippen molar-refractivity contribution in [3.63, 3.8) is 0 Å². The van der Waals surface area contributed by atoms with Crippen molar-refractivity contribution in [2.45, 2.75) is 65.3 Å². The molecule has 1 heterocycles. The van der Waals surface area contributed by atoms with E-state index in [9.17, 15) is 9.59 Å². The molecule has 1 unspecified atom stereocenters. The van der Waals surface area contributed by atoms with Crippen LogP contribution < -0.4 is 5.73 Å². The highest BCUT2D eigenvalue weighted by Crippen LogP contribution is 2.23. The molecule has 1 aliphatic heterocycles. The van der Waals surface area contributed by atoms with E-state index >= 15 is 0 Å². The van der Waals surface area contributed by atoms with Crippen LogP contribution in [-0.2, 0) is 9.59 Å². The fourth-order valence-corrected chi connectivity index (χ4v) is 3.21. The van der Waals surface area contributed by atoms with Gasteiger partial charge in [-0.3, -0.25) is 9.59 Å². The molecule has 0 saturated carbocycles. The van der Waals surface area contributed by atoms with Gasteiger partial charge >= 0.3 is 0 Å². The second kappa shape index (κ2) is 8.85. The molecule has 0 spiro atoms. The number of primary amides is 1. The van der Waals surface area contributed by atoms with Gasteiger partial charge in [-0.05, 0) is 50.9 Å². The molecule has 1 fully saturated rings. The zero-order valence-corrected chi connectivity index (χ0v) is 13.7. The van der Waals surface area contributed by atoms with Crippen LogP contribution in [0.3, 0.4) is 0 Å². The molecule has 0 aromatic heterocycles. The van der Waals surface area contributed by atoms with Gasteiger partial charge in [-0.25, -0.2) is 0 Å². The topological polar surface area (TPSA) is 63.4 Å². The molecular formula is C17H30N2O2. The summed E-state index contributed by atoms with van der Waals surface area (Å²) in [6, 6.07) is -0.378. The van der Waals surface area contributed by atoms with E-state index in [1.807, 2.05) is 6.92 Å². The van der Waals surface area contributed by atoms with Crippen LogP contribution in [0, 0.1) is 11.8 Å². The minimum atomic E-state index is -0.378. The van der Waals surface area contributed by atoms with Crippen LogP contribution in [0.2, 0.25) is 0 Å². The van der Waals surface area contributed by atoms with Crippen LogP contribution in [0.4, 0.5) is 0 Å². The van der Waals surface area contributed by atoms with Gasteiger partial charge in [0, 0.05) is 13.0 Å². The van der Waals surface area contributed by atoms with Crippen LogP contribution in [-0.4, -0.2) is 29.3 Å². The number of carbonyl (C=O) groups is 2. The molecular weight excluding hydrogens is 264 g/mol. The van der Waals surface area contributed by atoms with Crippen molar-refractivity contribution in [1.29, 1.82) is 0 Å². The third-order valence-electron chi connectivity index (χ3n) is 4.29. The maximum absolute atomic E-state index is 12.3. The smallest absolute Gasteiger partial charge is 0.240 e. The molecule has 0 bridgehead atoms. The lowest BCUT2D eigenvalue weighted by Crippen LogP contribution is -2.44. The van der Waals surface area contributed by atoms with Gasteiger partial charge in [0.2, 0.25) is 11.8 Å². The number of amides is 2. The Hall–Kier alpha value is -1.32. The summed E-state index contributed by atoms with van der Waals surface area (Å²) in [4.78, 5) is 25.4. The Kier molecular flexibility index (Phi) is 7.48. The van der Waals surface area contributed by atoms with E-state index < -0.39 is 0 Å². The van der Waals surface area contributed by atoms with Gasteiger partial charge in [0.05, 0.1) is 0 Å². The number of carbonyl (C=O) groups excluding carboxylic acids is 2. The van der Waals surface area contributed by atoms with Gasteiger partial charge in [0.25, 0.3) is 0 Å². The molecule has 0 radical (unpaired) electrons. The van der Waals surface area contributed by atoms with Crippen LogP contribution in [0.25, 0.3) is 0 Å². The molecule has 0 aromatic rings. The molecule has 0 aliphatic carbocycles. The highest BCUT2D eigenvalue weighted by atomic mass is 16.2. The number of nitrogens with two attached hydrogens (primary N) is 1. The van der Waals surface area contributed by atoms with Crippen molar-refractivity contribution in [3.05, 3.63) is 12.2 Å². The molecule has 1 saturated heterocycles. The molecule has 0 aromatic carbocycles. The lowest BCUT2D eigenvalue weighted by molar-refractivity contribution is -0.138. The predicted octanol–water partition coefficient (Wildman–Crippen LogP) is 2.87. The molecule has 1 rings (SSSR count). The summed E-state index contributed by atoms with van der Waals surface area (Å²) in [6.45, 7) is 7.08. The molecule has 21 heavy (non-hydrogen) atoms. The Balaban J connectivity index is 2.38. The first kappa shape index (κ1) is 17.7. The van der Waals surface area contributed by atoms with Gasteiger partial charge < -0.3 is 10.6 Å². The second-order valence-electron chi connectivity index (χ2n) is 6.44. The van der Waals surface area contributed by atoms with Crippen LogP contribution in [0.15, 0.2) is 12.2 Å². The monoisotopic (exact) mass is 294 g/mol. The van der Waals surface area contributed by atoms with Crippen LogP contribution >= 0.6 is 0 Å². The van der Waals surface area contributed by atoms with E-state index in [1.165, 1.54) is 0 Å². The van der Waals surface area contributed by atoms with Gasteiger partial charge in [-0.15, -0.1) is 0 Å². The highest BCUT2D eigenvalue weighted by Gasteiger charge is 2.32. The van der Waals surface area contributed by atoms with E-state index in [1.54, 1.807) is 4.90 Å². The molecule has 1 aliphatic rings. The molecule has 4 nitrogen and oxygen atoms in total. The summed E-state index contributed by atoms with van der Waals surface area (Å²) in [5.41, 5.74) is 5.37. The molecule has 2 amide bonds.